The number of nitrogens with one attached hydrogen (secondary N) is 1. The highest BCUT2D eigenvalue weighted by atomic mass is 32.2. The maximum absolute atomic E-state index is 12.5. The molecular formula is C17H17N3O2S. The molecule has 1 heterocycles. The Balaban J connectivity index is 1.91. The van der Waals surface area contributed by atoms with Crippen LogP contribution < -0.4 is 4.72 Å². The van der Waals surface area contributed by atoms with Gasteiger partial charge in [-0.2, -0.15) is 5.10 Å². The van der Waals surface area contributed by atoms with Gasteiger partial charge in [-0.05, 0) is 19.1 Å². The van der Waals surface area contributed by atoms with Crippen LogP contribution in [-0.4, -0.2) is 18.2 Å². The summed E-state index contributed by atoms with van der Waals surface area (Å²) in [7, 11) is -1.92. The predicted molar refractivity (Wildman–Crippen MR) is 90.6 cm³/mol. The van der Waals surface area contributed by atoms with Crippen LogP contribution in [-0.2, 0) is 17.1 Å². The minimum absolute atomic E-state index is 0.227. The Labute approximate surface area is 135 Å². The van der Waals surface area contributed by atoms with Crippen molar-refractivity contribution in [2.75, 3.05) is 4.72 Å². The first-order valence-electron chi connectivity index (χ1n) is 7.15. The van der Waals surface area contributed by atoms with Gasteiger partial charge in [-0.3, -0.25) is 9.40 Å². The maximum Gasteiger partial charge on any atom is 0.263 e. The first-order valence-corrected chi connectivity index (χ1v) is 8.63. The molecule has 0 fully saturated rings. The van der Waals surface area contributed by atoms with Gasteiger partial charge in [0.05, 0.1) is 10.6 Å². The van der Waals surface area contributed by atoms with Crippen molar-refractivity contribution in [2.45, 2.75) is 11.8 Å². The lowest BCUT2D eigenvalue weighted by molar-refractivity contribution is 0.600. The van der Waals surface area contributed by atoms with E-state index in [9.17, 15) is 8.42 Å². The molecule has 5 nitrogen and oxygen atoms in total. The number of sulfonamides is 1. The van der Waals surface area contributed by atoms with E-state index in [1.54, 1.807) is 37.4 Å². The summed E-state index contributed by atoms with van der Waals surface area (Å²) in [5.41, 5.74) is 2.66. The fourth-order valence-electron chi connectivity index (χ4n) is 2.23. The molecule has 0 bridgehead atoms. The number of rotatable bonds is 4. The zero-order chi connectivity index (χ0) is 16.4. The van der Waals surface area contributed by atoms with Crippen LogP contribution in [0, 0.1) is 6.92 Å². The standard InChI is InChI=1S/C17H17N3O2S/c1-13-8-10-15(11-9-13)23(21,22)19-17-12-16(18-20(17)2)14-6-4-3-5-7-14/h3-12,19H,1-2H3. The normalized spacial score (nSPS) is 11.4. The summed E-state index contributed by atoms with van der Waals surface area (Å²) in [5, 5.41) is 4.36. The minimum Gasteiger partial charge on any atom is -0.264 e. The highest BCUT2D eigenvalue weighted by Crippen LogP contribution is 2.23. The third-order valence-electron chi connectivity index (χ3n) is 3.52. The molecular weight excluding hydrogens is 310 g/mol. The Morgan fingerprint density at radius 3 is 2.30 bits per heavy atom. The summed E-state index contributed by atoms with van der Waals surface area (Å²) in [6.07, 6.45) is 0. The molecule has 0 aliphatic rings. The fraction of sp³-hybridized carbons (Fsp3) is 0.118. The topological polar surface area (TPSA) is 64.0 Å². The summed E-state index contributed by atoms with van der Waals surface area (Å²) < 4.78 is 29.0. The van der Waals surface area contributed by atoms with E-state index < -0.39 is 10.0 Å². The fourth-order valence-corrected chi connectivity index (χ4v) is 3.31. The molecule has 6 heteroatoms. The number of benzene rings is 2. The average Bonchev–Trinajstić information content (AvgIpc) is 2.89. The van der Waals surface area contributed by atoms with Crippen molar-refractivity contribution in [2.24, 2.45) is 7.05 Å². The van der Waals surface area contributed by atoms with Gasteiger partial charge in [0.15, 0.2) is 0 Å². The van der Waals surface area contributed by atoms with Gasteiger partial charge in [-0.1, -0.05) is 48.0 Å². The molecule has 0 spiro atoms. The van der Waals surface area contributed by atoms with E-state index in [0.717, 1.165) is 16.8 Å². The lowest BCUT2D eigenvalue weighted by atomic mass is 10.2. The summed E-state index contributed by atoms with van der Waals surface area (Å²) in [6, 6.07) is 18.1. The second kappa shape index (κ2) is 5.89. The molecule has 23 heavy (non-hydrogen) atoms. The van der Waals surface area contributed by atoms with E-state index in [4.69, 9.17) is 0 Å². The molecule has 118 valence electrons. The molecule has 0 saturated heterocycles. The van der Waals surface area contributed by atoms with Crippen molar-refractivity contribution >= 4 is 15.8 Å². The average molecular weight is 327 g/mol. The van der Waals surface area contributed by atoms with Crippen LogP contribution in [0.4, 0.5) is 5.82 Å². The number of aryl methyl sites for hydroxylation is 2. The van der Waals surface area contributed by atoms with E-state index in [2.05, 4.69) is 9.82 Å². The van der Waals surface area contributed by atoms with Gasteiger partial charge in [0, 0.05) is 18.7 Å². The summed E-state index contributed by atoms with van der Waals surface area (Å²) >= 11 is 0. The van der Waals surface area contributed by atoms with E-state index in [1.807, 2.05) is 37.3 Å². The molecule has 0 aliphatic heterocycles. The summed E-state index contributed by atoms with van der Waals surface area (Å²) in [5.74, 6) is 0.421. The smallest absolute Gasteiger partial charge is 0.263 e. The van der Waals surface area contributed by atoms with Gasteiger partial charge in [0.2, 0.25) is 0 Å². The van der Waals surface area contributed by atoms with E-state index in [-0.39, 0.29) is 4.90 Å². The third kappa shape index (κ3) is 3.27. The molecule has 0 amide bonds. The van der Waals surface area contributed by atoms with Crippen molar-refractivity contribution < 1.29 is 8.42 Å². The van der Waals surface area contributed by atoms with E-state index in [0.29, 0.717) is 5.82 Å². The highest BCUT2D eigenvalue weighted by Gasteiger charge is 2.17. The Hall–Kier alpha value is -2.60. The van der Waals surface area contributed by atoms with Crippen LogP contribution in [0.2, 0.25) is 0 Å². The quantitative estimate of drug-likeness (QED) is 0.800. The summed E-state index contributed by atoms with van der Waals surface area (Å²) in [4.78, 5) is 0.227. The van der Waals surface area contributed by atoms with Gasteiger partial charge in [-0.25, -0.2) is 8.42 Å². The van der Waals surface area contributed by atoms with E-state index in [1.165, 1.54) is 4.68 Å². The van der Waals surface area contributed by atoms with Crippen LogP contribution in [0.15, 0.2) is 65.6 Å². The molecule has 0 saturated carbocycles. The zero-order valence-corrected chi connectivity index (χ0v) is 13.7. The Morgan fingerprint density at radius 2 is 1.65 bits per heavy atom. The van der Waals surface area contributed by atoms with Crippen molar-refractivity contribution in [1.82, 2.24) is 9.78 Å². The summed E-state index contributed by atoms with van der Waals surface area (Å²) in [6.45, 7) is 1.91. The van der Waals surface area contributed by atoms with Crippen molar-refractivity contribution in [1.29, 1.82) is 0 Å². The molecule has 3 aromatic rings. The first kappa shape index (κ1) is 15.3. The second-order valence-electron chi connectivity index (χ2n) is 5.32. The predicted octanol–water partition coefficient (Wildman–Crippen LogP) is 3.20. The van der Waals surface area contributed by atoms with Crippen molar-refractivity contribution in [3.05, 3.63) is 66.2 Å². The molecule has 3 rings (SSSR count). The van der Waals surface area contributed by atoms with Gasteiger partial charge < -0.3 is 0 Å². The maximum atomic E-state index is 12.5. The van der Waals surface area contributed by atoms with Gasteiger partial charge in [0.1, 0.15) is 5.82 Å². The number of hydrogen-bond donors (Lipinski definition) is 1. The SMILES string of the molecule is Cc1ccc(S(=O)(=O)Nc2cc(-c3ccccc3)nn2C)cc1. The molecule has 2 aromatic carbocycles. The van der Waals surface area contributed by atoms with Crippen LogP contribution >= 0.6 is 0 Å². The van der Waals surface area contributed by atoms with E-state index >= 15 is 0 Å². The second-order valence-corrected chi connectivity index (χ2v) is 7.01. The van der Waals surface area contributed by atoms with Crippen LogP contribution in [0.1, 0.15) is 5.56 Å². The minimum atomic E-state index is -3.63. The number of aromatic nitrogens is 2. The molecule has 0 unspecified atom stereocenters. The molecule has 1 N–H and O–H groups in total. The largest absolute Gasteiger partial charge is 0.264 e. The monoisotopic (exact) mass is 327 g/mol. The van der Waals surface area contributed by atoms with Crippen LogP contribution in [0.25, 0.3) is 11.3 Å². The molecule has 0 atom stereocenters. The highest BCUT2D eigenvalue weighted by molar-refractivity contribution is 7.92. The van der Waals surface area contributed by atoms with Crippen molar-refractivity contribution in [3.8, 4) is 11.3 Å². The van der Waals surface area contributed by atoms with Gasteiger partial charge in [0.25, 0.3) is 10.0 Å². The number of anilines is 1. The lowest BCUT2D eigenvalue weighted by Gasteiger charge is -2.07. The van der Waals surface area contributed by atoms with Gasteiger partial charge >= 0.3 is 0 Å². The number of hydrogen-bond acceptors (Lipinski definition) is 3. The first-order chi connectivity index (χ1) is 11.0. The Bertz CT molecular complexity index is 914. The molecule has 0 aliphatic carbocycles. The van der Waals surface area contributed by atoms with Crippen LogP contribution in [0.5, 0.6) is 0 Å². The van der Waals surface area contributed by atoms with Crippen LogP contribution in [0.3, 0.4) is 0 Å². The molecule has 1 aromatic heterocycles. The third-order valence-corrected chi connectivity index (χ3v) is 4.89. The Kier molecular flexibility index (Phi) is 3.92. The van der Waals surface area contributed by atoms with Gasteiger partial charge in [-0.15, -0.1) is 0 Å². The lowest BCUT2D eigenvalue weighted by Crippen LogP contribution is -2.15. The Morgan fingerprint density at radius 1 is 1.00 bits per heavy atom. The van der Waals surface area contributed by atoms with Crippen molar-refractivity contribution in [3.63, 3.8) is 0 Å². The molecule has 0 radical (unpaired) electrons. The zero-order valence-electron chi connectivity index (χ0n) is 12.9. The number of nitrogens with zero attached hydrogens (tertiary/aromatic N) is 2.